The van der Waals surface area contributed by atoms with Gasteiger partial charge in [-0.2, -0.15) is 0 Å². The highest BCUT2D eigenvalue weighted by Gasteiger charge is 2.14. The van der Waals surface area contributed by atoms with Crippen LogP contribution in [0, 0.1) is 13.8 Å². The van der Waals surface area contributed by atoms with Crippen LogP contribution < -0.4 is 15.9 Å². The summed E-state index contributed by atoms with van der Waals surface area (Å²) in [6.07, 6.45) is 0. The van der Waals surface area contributed by atoms with E-state index in [4.69, 9.17) is 0 Å². The van der Waals surface area contributed by atoms with Crippen LogP contribution in [-0.4, -0.2) is 4.98 Å². The van der Waals surface area contributed by atoms with Gasteiger partial charge in [0, 0.05) is 48.6 Å². The van der Waals surface area contributed by atoms with E-state index in [9.17, 15) is 0 Å². The van der Waals surface area contributed by atoms with Crippen molar-refractivity contribution in [2.24, 2.45) is 0 Å². The van der Waals surface area contributed by atoms with Crippen molar-refractivity contribution in [2.45, 2.75) is 13.8 Å². The second-order valence-electron chi connectivity index (χ2n) is 6.26. The number of benzene rings is 3. The van der Waals surface area contributed by atoms with Crippen molar-refractivity contribution in [2.75, 3.05) is 0 Å². The standard InChI is InChI=1S/C18H15P.C7H9N.I2/c1-4-10-16(11-5-1)19(17-12-6-2-7-13-17)18-14-8-3-9-15-18;1-6-4-3-5-7(2)8-6;1-2/h1-15H;3-5H,1-2H3;. The molecule has 4 heteroatoms. The minimum atomic E-state index is -0.446. The Balaban J connectivity index is 0.000000252. The highest BCUT2D eigenvalue weighted by atomic mass is 128. The summed E-state index contributed by atoms with van der Waals surface area (Å²) < 4.78 is 0. The third kappa shape index (κ3) is 8.15. The number of aromatic nitrogens is 1. The van der Waals surface area contributed by atoms with Gasteiger partial charge in [0.25, 0.3) is 0 Å². The lowest BCUT2D eigenvalue weighted by molar-refractivity contribution is 1.12. The molecular weight excluding hydrogens is 599 g/mol. The van der Waals surface area contributed by atoms with Crippen LogP contribution in [0.25, 0.3) is 0 Å². The van der Waals surface area contributed by atoms with Gasteiger partial charge in [-0.15, -0.1) is 0 Å². The SMILES string of the molecule is Cc1cccc(C)n1.II.c1ccc(P(c2ccccc2)c2ccccc2)cc1. The van der Waals surface area contributed by atoms with Crippen LogP contribution in [-0.2, 0) is 0 Å². The zero-order chi connectivity index (χ0) is 20.9. The lowest BCUT2D eigenvalue weighted by atomic mass is 10.3. The van der Waals surface area contributed by atoms with Crippen molar-refractivity contribution in [1.29, 1.82) is 0 Å². The van der Waals surface area contributed by atoms with Crippen LogP contribution >= 0.6 is 45.2 Å². The summed E-state index contributed by atoms with van der Waals surface area (Å²) in [5, 5.41) is 4.19. The van der Waals surface area contributed by atoms with E-state index in [1.807, 2.05) is 32.0 Å². The summed E-state index contributed by atoms with van der Waals surface area (Å²) in [6, 6.07) is 38.3. The summed E-state index contributed by atoms with van der Waals surface area (Å²) >= 11 is 4.24. The van der Waals surface area contributed by atoms with Gasteiger partial charge in [0.2, 0.25) is 0 Å². The fourth-order valence-electron chi connectivity index (χ4n) is 2.86. The molecule has 0 unspecified atom stereocenters. The Hall–Kier alpha value is -1.30. The molecule has 4 rings (SSSR count). The molecule has 3 aromatic carbocycles. The first kappa shape index (κ1) is 24.0. The van der Waals surface area contributed by atoms with E-state index in [1.54, 1.807) is 0 Å². The lowest BCUT2D eigenvalue weighted by Crippen LogP contribution is -2.20. The molecule has 0 aliphatic heterocycles. The zero-order valence-corrected chi connectivity index (χ0v) is 21.8. The topological polar surface area (TPSA) is 12.9 Å². The molecule has 148 valence electrons. The van der Waals surface area contributed by atoms with Crippen LogP contribution in [0.3, 0.4) is 0 Å². The minimum Gasteiger partial charge on any atom is -0.258 e. The van der Waals surface area contributed by atoms with Gasteiger partial charge in [0.15, 0.2) is 0 Å². The third-order valence-electron chi connectivity index (χ3n) is 4.07. The Kier molecular flexibility index (Phi) is 11.4. The summed E-state index contributed by atoms with van der Waals surface area (Å²) in [4.78, 5) is 4.17. The molecule has 1 heterocycles. The fourth-order valence-corrected chi connectivity index (χ4v) is 5.16. The number of nitrogens with zero attached hydrogens (tertiary/aromatic N) is 1. The largest absolute Gasteiger partial charge is 0.258 e. The van der Waals surface area contributed by atoms with Crippen LogP contribution in [0.5, 0.6) is 0 Å². The number of hydrogen-bond donors (Lipinski definition) is 0. The second-order valence-corrected chi connectivity index (χ2v) is 8.48. The molecule has 0 saturated heterocycles. The molecule has 0 radical (unpaired) electrons. The summed E-state index contributed by atoms with van der Waals surface area (Å²) in [6.45, 7) is 3.99. The molecule has 0 fully saturated rings. The summed E-state index contributed by atoms with van der Waals surface area (Å²) in [5.41, 5.74) is 2.18. The summed E-state index contributed by atoms with van der Waals surface area (Å²) in [7, 11) is -0.446. The van der Waals surface area contributed by atoms with Gasteiger partial charge in [0.05, 0.1) is 0 Å². The van der Waals surface area contributed by atoms with Gasteiger partial charge in [-0.1, -0.05) is 97.1 Å². The van der Waals surface area contributed by atoms with E-state index in [-0.39, 0.29) is 0 Å². The Morgan fingerprint density at radius 2 is 0.793 bits per heavy atom. The normalized spacial score (nSPS) is 9.69. The lowest BCUT2D eigenvalue weighted by Gasteiger charge is -2.18. The van der Waals surface area contributed by atoms with Crippen molar-refractivity contribution in [3.8, 4) is 0 Å². The Bertz CT molecular complexity index is 837. The molecule has 29 heavy (non-hydrogen) atoms. The van der Waals surface area contributed by atoms with Crippen LogP contribution in [0.2, 0.25) is 0 Å². The number of hydrogen-bond acceptors (Lipinski definition) is 1. The minimum absolute atomic E-state index is 0.446. The zero-order valence-electron chi connectivity index (χ0n) is 16.5. The maximum atomic E-state index is 4.17. The van der Waals surface area contributed by atoms with Gasteiger partial charge >= 0.3 is 0 Å². The van der Waals surface area contributed by atoms with Crippen molar-refractivity contribution in [3.63, 3.8) is 0 Å². The van der Waals surface area contributed by atoms with Crippen LogP contribution in [0.15, 0.2) is 109 Å². The van der Waals surface area contributed by atoms with Crippen LogP contribution in [0.4, 0.5) is 0 Å². The average Bonchev–Trinajstić information content (AvgIpc) is 2.78. The van der Waals surface area contributed by atoms with Gasteiger partial charge in [-0.05, 0) is 49.8 Å². The summed E-state index contributed by atoms with van der Waals surface area (Å²) in [5.74, 6) is 0. The first-order valence-electron chi connectivity index (χ1n) is 9.24. The molecule has 0 N–H and O–H groups in total. The second kappa shape index (κ2) is 13.8. The highest BCUT2D eigenvalue weighted by molar-refractivity contribution is 15.0. The van der Waals surface area contributed by atoms with Gasteiger partial charge in [-0.3, -0.25) is 4.98 Å². The van der Waals surface area contributed by atoms with Crippen molar-refractivity contribution in [3.05, 3.63) is 121 Å². The van der Waals surface area contributed by atoms with Crippen molar-refractivity contribution in [1.82, 2.24) is 4.98 Å². The van der Waals surface area contributed by atoms with Gasteiger partial charge in [0.1, 0.15) is 0 Å². The van der Waals surface area contributed by atoms with Crippen LogP contribution in [0.1, 0.15) is 11.4 Å². The molecular formula is C25H24I2NP. The Morgan fingerprint density at radius 3 is 1.03 bits per heavy atom. The monoisotopic (exact) mass is 623 g/mol. The maximum absolute atomic E-state index is 4.17. The van der Waals surface area contributed by atoms with E-state index in [0.29, 0.717) is 0 Å². The predicted molar refractivity (Wildman–Crippen MR) is 147 cm³/mol. The average molecular weight is 623 g/mol. The Morgan fingerprint density at radius 1 is 0.483 bits per heavy atom. The smallest absolute Gasteiger partial charge is 0.0375 e. The Labute approximate surface area is 199 Å². The number of aryl methyl sites for hydroxylation is 2. The third-order valence-corrected chi connectivity index (χ3v) is 6.51. The molecule has 0 bridgehead atoms. The molecule has 0 spiro atoms. The molecule has 1 nitrogen and oxygen atoms in total. The van der Waals surface area contributed by atoms with E-state index in [2.05, 4.69) is 133 Å². The first-order chi connectivity index (χ1) is 14.2. The van der Waals surface area contributed by atoms with Gasteiger partial charge < -0.3 is 0 Å². The molecule has 0 aliphatic rings. The molecule has 0 amide bonds. The maximum Gasteiger partial charge on any atom is 0.0375 e. The number of rotatable bonds is 3. The quantitative estimate of drug-likeness (QED) is 0.179. The van der Waals surface area contributed by atoms with Crippen molar-refractivity contribution >= 4 is 61.1 Å². The molecule has 4 aromatic rings. The molecule has 0 aliphatic carbocycles. The molecule has 1 aromatic heterocycles. The fraction of sp³-hybridized carbons (Fsp3) is 0.0800. The van der Waals surface area contributed by atoms with E-state index in [0.717, 1.165) is 11.4 Å². The molecule has 0 saturated carbocycles. The highest BCUT2D eigenvalue weighted by Crippen LogP contribution is 2.32. The number of pyridine rings is 1. The first-order valence-corrected chi connectivity index (χ1v) is 16.9. The van der Waals surface area contributed by atoms with E-state index >= 15 is 0 Å². The van der Waals surface area contributed by atoms with E-state index in [1.165, 1.54) is 15.9 Å². The van der Waals surface area contributed by atoms with Crippen molar-refractivity contribution < 1.29 is 0 Å². The molecule has 0 atom stereocenters. The van der Waals surface area contributed by atoms with E-state index < -0.39 is 7.92 Å². The van der Waals surface area contributed by atoms with Gasteiger partial charge in [-0.25, -0.2) is 0 Å². The predicted octanol–water partition coefficient (Wildman–Crippen LogP) is 6.91. The number of halogens is 2.